The molecule has 0 saturated heterocycles. The smallest absolute Gasteiger partial charge is 0.239 e. The Morgan fingerprint density at radius 1 is 1.59 bits per heavy atom. The second kappa shape index (κ2) is 5.99. The average Bonchev–Trinajstić information content (AvgIpc) is 3.16. The van der Waals surface area contributed by atoms with Crippen LogP contribution >= 0.6 is 11.8 Å². The lowest BCUT2D eigenvalue weighted by Gasteiger charge is -2.12. The number of hydrogen-bond acceptors (Lipinski definition) is 7. The summed E-state index contributed by atoms with van der Waals surface area (Å²) in [6.45, 7) is 3.70. The molecule has 8 nitrogen and oxygen atoms in total. The summed E-state index contributed by atoms with van der Waals surface area (Å²) in [6, 6.07) is 1.67. The van der Waals surface area contributed by atoms with Crippen LogP contribution in [-0.4, -0.2) is 31.2 Å². The lowest BCUT2D eigenvalue weighted by molar-refractivity contribution is -0.115. The first-order valence-corrected chi connectivity index (χ1v) is 8.07. The van der Waals surface area contributed by atoms with E-state index >= 15 is 0 Å². The second-order valence-electron chi connectivity index (χ2n) is 5.31. The molecular formula is C13H18N6O2S. The fourth-order valence-electron chi connectivity index (χ4n) is 2.07. The van der Waals surface area contributed by atoms with Gasteiger partial charge in [-0.05, 0) is 26.2 Å². The molecule has 22 heavy (non-hydrogen) atoms. The number of nitrogen functional groups attached to an aromatic ring is 1. The first-order valence-electron chi connectivity index (χ1n) is 7.19. The molecule has 1 aliphatic rings. The minimum Gasteiger partial charge on any atom is -0.360 e. The van der Waals surface area contributed by atoms with Crippen LogP contribution in [0.5, 0.6) is 0 Å². The van der Waals surface area contributed by atoms with Crippen LogP contribution in [0, 0.1) is 6.92 Å². The number of thioether (sulfide) groups is 1. The number of hydrogen-bond donors (Lipinski definition) is 2. The summed E-state index contributed by atoms with van der Waals surface area (Å²) in [7, 11) is 0. The molecule has 0 aromatic carbocycles. The van der Waals surface area contributed by atoms with Crippen molar-refractivity contribution in [2.75, 3.05) is 11.2 Å². The van der Waals surface area contributed by atoms with Crippen molar-refractivity contribution in [2.24, 2.45) is 0 Å². The Hall–Kier alpha value is -2.03. The topological polar surface area (TPSA) is 112 Å². The van der Waals surface area contributed by atoms with Crippen molar-refractivity contribution in [1.82, 2.24) is 20.0 Å². The predicted octanol–water partition coefficient (Wildman–Crippen LogP) is 1.68. The van der Waals surface area contributed by atoms with Crippen LogP contribution < -0.4 is 11.2 Å². The summed E-state index contributed by atoms with van der Waals surface area (Å²) < 4.78 is 6.43. The third kappa shape index (κ3) is 3.08. The van der Waals surface area contributed by atoms with Gasteiger partial charge in [-0.25, -0.2) is 4.68 Å². The molecule has 2 aromatic rings. The molecule has 0 spiro atoms. The van der Waals surface area contributed by atoms with E-state index in [9.17, 15) is 4.79 Å². The zero-order chi connectivity index (χ0) is 15.7. The number of rotatable bonds is 6. The predicted molar refractivity (Wildman–Crippen MR) is 82.0 cm³/mol. The van der Waals surface area contributed by atoms with Gasteiger partial charge < -0.3 is 15.7 Å². The monoisotopic (exact) mass is 322 g/mol. The minimum absolute atomic E-state index is 0.156. The Morgan fingerprint density at radius 3 is 2.95 bits per heavy atom. The summed E-state index contributed by atoms with van der Waals surface area (Å²) in [5, 5.41) is 14.9. The van der Waals surface area contributed by atoms with E-state index in [0.717, 1.165) is 18.7 Å². The van der Waals surface area contributed by atoms with Crippen LogP contribution in [0.4, 0.5) is 5.82 Å². The van der Waals surface area contributed by atoms with Gasteiger partial charge >= 0.3 is 0 Å². The summed E-state index contributed by atoms with van der Waals surface area (Å²) in [6.07, 6.45) is 2.84. The maximum absolute atomic E-state index is 12.3. The Balaban J connectivity index is 1.67. The van der Waals surface area contributed by atoms with Gasteiger partial charge in [-0.15, -0.1) is 10.2 Å². The molecular weight excluding hydrogens is 304 g/mol. The molecule has 2 heterocycles. The number of carbonyl (C=O) groups excluding carboxylic acids is 1. The average molecular weight is 322 g/mol. The number of nitrogens with one attached hydrogen (secondary N) is 1. The highest BCUT2D eigenvalue weighted by Crippen LogP contribution is 2.39. The van der Waals surface area contributed by atoms with Gasteiger partial charge in [0.25, 0.3) is 0 Å². The lowest BCUT2D eigenvalue weighted by Crippen LogP contribution is -2.26. The second-order valence-corrected chi connectivity index (χ2v) is 6.48. The molecule has 1 saturated carbocycles. The van der Waals surface area contributed by atoms with E-state index in [4.69, 9.17) is 10.4 Å². The molecule has 1 fully saturated rings. The van der Waals surface area contributed by atoms with E-state index in [1.54, 1.807) is 13.0 Å². The van der Waals surface area contributed by atoms with Crippen molar-refractivity contribution in [3.8, 4) is 0 Å². The fraction of sp³-hybridized carbons (Fsp3) is 0.538. The Kier molecular flexibility index (Phi) is 4.06. The Bertz CT molecular complexity index is 678. The van der Waals surface area contributed by atoms with E-state index in [1.807, 2.05) is 6.92 Å². The van der Waals surface area contributed by atoms with Crippen LogP contribution in [0.2, 0.25) is 0 Å². The number of nitrogens with zero attached hydrogens (tertiary/aromatic N) is 4. The third-order valence-corrected chi connectivity index (χ3v) is 4.74. The Labute approximate surface area is 131 Å². The highest BCUT2D eigenvalue weighted by atomic mass is 32.2. The molecule has 3 rings (SSSR count). The van der Waals surface area contributed by atoms with Crippen LogP contribution in [0.3, 0.4) is 0 Å². The summed E-state index contributed by atoms with van der Waals surface area (Å²) in [5.74, 6) is 8.13. The molecule has 0 bridgehead atoms. The fourth-order valence-corrected chi connectivity index (χ4v) is 2.95. The molecule has 118 valence electrons. The minimum atomic E-state index is -0.324. The van der Waals surface area contributed by atoms with E-state index in [0.29, 0.717) is 29.1 Å². The first kappa shape index (κ1) is 14.9. The molecule has 1 atom stereocenters. The normalized spacial score (nSPS) is 15.7. The molecule has 9 heteroatoms. The number of carbonyl (C=O) groups is 1. The van der Waals surface area contributed by atoms with E-state index < -0.39 is 0 Å². The molecule has 0 radical (unpaired) electrons. The highest BCUT2D eigenvalue weighted by Gasteiger charge is 2.31. The SMILES string of the molecule is CCC(Sc1nnc(C2CC2)n1N)C(=O)Nc1cc(C)on1. The van der Waals surface area contributed by atoms with Crippen LogP contribution in [0.1, 0.15) is 43.7 Å². The number of amides is 1. The first-order chi connectivity index (χ1) is 10.6. The van der Waals surface area contributed by atoms with Crippen LogP contribution in [-0.2, 0) is 4.79 Å². The van der Waals surface area contributed by atoms with Gasteiger partial charge in [0.2, 0.25) is 11.1 Å². The van der Waals surface area contributed by atoms with Crippen molar-refractivity contribution >= 4 is 23.5 Å². The lowest BCUT2D eigenvalue weighted by atomic mass is 10.3. The largest absolute Gasteiger partial charge is 0.360 e. The van der Waals surface area contributed by atoms with E-state index in [2.05, 4.69) is 20.7 Å². The molecule has 1 amide bonds. The zero-order valence-electron chi connectivity index (χ0n) is 12.4. The molecule has 3 N–H and O–H groups in total. The standard InChI is InChI=1S/C13H18N6O2S/c1-3-9(12(20)15-10-6-7(2)21-18-10)22-13-17-16-11(19(13)14)8-4-5-8/h6,8-9H,3-5,14H2,1-2H3,(H,15,18,20). The van der Waals surface area contributed by atoms with Gasteiger partial charge in [0.1, 0.15) is 5.76 Å². The number of nitrogens with two attached hydrogens (primary N) is 1. The quantitative estimate of drug-likeness (QED) is 0.614. The summed E-state index contributed by atoms with van der Waals surface area (Å²) in [4.78, 5) is 12.3. The molecule has 0 aliphatic heterocycles. The number of anilines is 1. The Morgan fingerprint density at radius 2 is 2.36 bits per heavy atom. The zero-order valence-corrected chi connectivity index (χ0v) is 13.3. The third-order valence-electron chi connectivity index (χ3n) is 3.42. The van der Waals surface area contributed by atoms with Crippen molar-refractivity contribution < 1.29 is 9.32 Å². The van der Waals surface area contributed by atoms with Crippen LogP contribution in [0.15, 0.2) is 15.7 Å². The van der Waals surface area contributed by atoms with Crippen molar-refractivity contribution in [2.45, 2.75) is 49.4 Å². The molecule has 1 aliphatic carbocycles. The maximum atomic E-state index is 12.3. The van der Waals surface area contributed by atoms with Crippen LogP contribution in [0.25, 0.3) is 0 Å². The van der Waals surface area contributed by atoms with Crippen molar-refractivity contribution in [3.63, 3.8) is 0 Å². The summed E-state index contributed by atoms with van der Waals surface area (Å²) in [5.41, 5.74) is 0. The molecule has 2 aromatic heterocycles. The van der Waals surface area contributed by atoms with E-state index in [1.165, 1.54) is 16.4 Å². The molecule has 1 unspecified atom stereocenters. The van der Waals surface area contributed by atoms with Gasteiger partial charge in [-0.1, -0.05) is 23.8 Å². The number of aromatic nitrogens is 4. The maximum Gasteiger partial charge on any atom is 0.239 e. The highest BCUT2D eigenvalue weighted by molar-refractivity contribution is 8.00. The van der Waals surface area contributed by atoms with Gasteiger partial charge in [0.15, 0.2) is 11.6 Å². The van der Waals surface area contributed by atoms with Crippen molar-refractivity contribution in [1.29, 1.82) is 0 Å². The van der Waals surface area contributed by atoms with Gasteiger partial charge in [0, 0.05) is 12.0 Å². The number of aryl methyl sites for hydroxylation is 1. The van der Waals surface area contributed by atoms with Gasteiger partial charge in [0.05, 0.1) is 5.25 Å². The van der Waals surface area contributed by atoms with Gasteiger partial charge in [-0.2, -0.15) is 0 Å². The van der Waals surface area contributed by atoms with Gasteiger partial charge in [-0.3, -0.25) is 4.79 Å². The van der Waals surface area contributed by atoms with Crippen molar-refractivity contribution in [3.05, 3.63) is 17.7 Å². The summed E-state index contributed by atoms with van der Waals surface area (Å²) >= 11 is 1.31. The van der Waals surface area contributed by atoms with E-state index in [-0.39, 0.29) is 11.2 Å².